The minimum atomic E-state index is 0.374. The molecule has 0 saturated heterocycles. The average Bonchev–Trinajstić information content (AvgIpc) is 2.43. The topological polar surface area (TPSA) is 61.8 Å². The number of anilines is 2. The molecule has 0 radical (unpaired) electrons. The fourth-order valence-electron chi connectivity index (χ4n) is 2.66. The lowest BCUT2D eigenvalue weighted by Crippen LogP contribution is -2.28. The van der Waals surface area contributed by atoms with Gasteiger partial charge in [0.15, 0.2) is 0 Å². The predicted octanol–water partition coefficient (Wildman–Crippen LogP) is 3.42. The minimum Gasteiger partial charge on any atom is -0.398 e. The van der Waals surface area contributed by atoms with Gasteiger partial charge in [-0.15, -0.1) is 0 Å². The van der Waals surface area contributed by atoms with Crippen LogP contribution in [0.2, 0.25) is 0 Å². The van der Waals surface area contributed by atoms with Gasteiger partial charge in [0.25, 0.3) is 0 Å². The van der Waals surface area contributed by atoms with Crippen molar-refractivity contribution in [1.29, 1.82) is 5.26 Å². The van der Waals surface area contributed by atoms with Crippen LogP contribution in [0, 0.1) is 11.3 Å². The van der Waals surface area contributed by atoms with E-state index in [0.717, 1.165) is 16.5 Å². The Bertz CT molecular complexity index is 467. The molecule has 0 aliphatic heterocycles. The van der Waals surface area contributed by atoms with Crippen LogP contribution in [-0.2, 0) is 6.42 Å². The third kappa shape index (κ3) is 3.81. The van der Waals surface area contributed by atoms with E-state index >= 15 is 0 Å². The Kier molecular flexibility index (Phi) is 4.98. The third-order valence-electron chi connectivity index (χ3n) is 3.74. The normalized spacial score (nSPS) is 22.7. The summed E-state index contributed by atoms with van der Waals surface area (Å²) in [6.45, 7) is 0. The smallest absolute Gasteiger partial charge is 0.0670 e. The first-order valence-electron chi connectivity index (χ1n) is 6.77. The van der Waals surface area contributed by atoms with E-state index in [0.29, 0.717) is 18.2 Å². The summed E-state index contributed by atoms with van der Waals surface area (Å²) in [5.41, 5.74) is 8.59. The van der Waals surface area contributed by atoms with Crippen LogP contribution in [0.1, 0.15) is 31.2 Å². The highest BCUT2D eigenvalue weighted by Crippen LogP contribution is 2.29. The summed E-state index contributed by atoms with van der Waals surface area (Å²) in [5.74, 6) is 0. The van der Waals surface area contributed by atoms with Gasteiger partial charge in [-0.1, -0.05) is 6.42 Å². The molecule has 0 aromatic heterocycles. The van der Waals surface area contributed by atoms with Crippen LogP contribution < -0.4 is 11.1 Å². The van der Waals surface area contributed by atoms with Crippen molar-refractivity contribution in [2.75, 3.05) is 17.3 Å². The second-order valence-corrected chi connectivity index (χ2v) is 6.25. The first kappa shape index (κ1) is 14.1. The summed E-state index contributed by atoms with van der Waals surface area (Å²) in [7, 11) is 0. The maximum Gasteiger partial charge on any atom is 0.0670 e. The molecule has 1 aromatic carbocycles. The van der Waals surface area contributed by atoms with Crippen LogP contribution in [0.4, 0.5) is 11.4 Å². The number of nitrogens with two attached hydrogens (primary N) is 1. The average molecular weight is 275 g/mol. The quantitative estimate of drug-likeness (QED) is 0.827. The Hall–Kier alpha value is -1.34. The lowest BCUT2D eigenvalue weighted by Gasteiger charge is -2.29. The maximum absolute atomic E-state index is 8.79. The monoisotopic (exact) mass is 275 g/mol. The van der Waals surface area contributed by atoms with Crippen molar-refractivity contribution in [1.82, 2.24) is 0 Å². The van der Waals surface area contributed by atoms with E-state index in [1.807, 2.05) is 30.0 Å². The molecule has 0 heterocycles. The summed E-state index contributed by atoms with van der Waals surface area (Å²) in [6.07, 6.45) is 7.65. The molecule has 4 heteroatoms. The molecule has 1 aromatic rings. The summed E-state index contributed by atoms with van der Waals surface area (Å²) in [4.78, 5) is 0. The van der Waals surface area contributed by atoms with Gasteiger partial charge in [-0.3, -0.25) is 0 Å². The lowest BCUT2D eigenvalue weighted by atomic mass is 9.94. The van der Waals surface area contributed by atoms with Crippen LogP contribution in [0.3, 0.4) is 0 Å². The molecule has 3 nitrogen and oxygen atoms in total. The van der Waals surface area contributed by atoms with Crippen LogP contribution in [-0.4, -0.2) is 17.5 Å². The SMILES string of the molecule is CSC1CCCC(Nc2ccc(N)c(CC#N)c2)C1. The molecule has 2 unspecified atom stereocenters. The molecule has 102 valence electrons. The van der Waals surface area contributed by atoms with Crippen molar-refractivity contribution in [2.24, 2.45) is 0 Å². The molecule has 2 atom stereocenters. The van der Waals surface area contributed by atoms with Crippen LogP contribution >= 0.6 is 11.8 Å². The summed E-state index contributed by atoms with van der Waals surface area (Å²) >= 11 is 1.97. The fraction of sp³-hybridized carbons (Fsp3) is 0.533. The molecule has 0 spiro atoms. The van der Waals surface area contributed by atoms with Gasteiger partial charge in [0.1, 0.15) is 0 Å². The van der Waals surface area contributed by atoms with E-state index in [1.54, 1.807) is 0 Å². The molecule has 1 aliphatic carbocycles. The zero-order chi connectivity index (χ0) is 13.7. The van der Waals surface area contributed by atoms with Crippen molar-refractivity contribution in [3.05, 3.63) is 23.8 Å². The number of rotatable bonds is 4. The number of benzene rings is 1. The number of hydrogen-bond donors (Lipinski definition) is 2. The van der Waals surface area contributed by atoms with Gasteiger partial charge in [0.2, 0.25) is 0 Å². The van der Waals surface area contributed by atoms with Crippen molar-refractivity contribution < 1.29 is 0 Å². The van der Waals surface area contributed by atoms with Crippen LogP contribution in [0.5, 0.6) is 0 Å². The lowest BCUT2D eigenvalue weighted by molar-refractivity contribution is 0.473. The fourth-order valence-corrected chi connectivity index (χ4v) is 3.49. The molecule has 1 saturated carbocycles. The molecule has 19 heavy (non-hydrogen) atoms. The van der Waals surface area contributed by atoms with Gasteiger partial charge in [-0.25, -0.2) is 0 Å². The molecule has 0 bridgehead atoms. The second kappa shape index (κ2) is 6.72. The second-order valence-electron chi connectivity index (χ2n) is 5.11. The van der Waals surface area contributed by atoms with Crippen molar-refractivity contribution in [3.63, 3.8) is 0 Å². The van der Waals surface area contributed by atoms with E-state index < -0.39 is 0 Å². The Morgan fingerprint density at radius 1 is 1.47 bits per heavy atom. The van der Waals surface area contributed by atoms with Crippen LogP contribution in [0.25, 0.3) is 0 Å². The summed E-state index contributed by atoms with van der Waals surface area (Å²) < 4.78 is 0. The first-order valence-corrected chi connectivity index (χ1v) is 8.06. The van der Waals surface area contributed by atoms with E-state index in [-0.39, 0.29) is 0 Å². The van der Waals surface area contributed by atoms with Gasteiger partial charge in [-0.05, 0) is 49.3 Å². The first-order chi connectivity index (χ1) is 9.22. The standard InChI is InChI=1S/C15H21N3S/c1-19-14-4-2-3-12(10-14)18-13-5-6-15(17)11(9-13)7-8-16/h5-6,9,12,14,18H,2-4,7,10,17H2,1H3. The van der Waals surface area contributed by atoms with Gasteiger partial charge in [0, 0.05) is 22.7 Å². The number of nitrogens with zero attached hydrogens (tertiary/aromatic N) is 1. The van der Waals surface area contributed by atoms with Crippen LogP contribution in [0.15, 0.2) is 18.2 Å². The highest BCUT2D eigenvalue weighted by Gasteiger charge is 2.21. The maximum atomic E-state index is 8.79. The van der Waals surface area contributed by atoms with Gasteiger partial charge in [0.05, 0.1) is 12.5 Å². The van der Waals surface area contributed by atoms with Crippen molar-refractivity contribution in [3.8, 4) is 6.07 Å². The highest BCUT2D eigenvalue weighted by molar-refractivity contribution is 7.99. The zero-order valence-corrected chi connectivity index (χ0v) is 12.2. The third-order valence-corrected chi connectivity index (χ3v) is 4.84. The Morgan fingerprint density at radius 3 is 3.05 bits per heavy atom. The summed E-state index contributed by atoms with van der Waals surface area (Å²) in [5, 5.41) is 13.2. The summed E-state index contributed by atoms with van der Waals surface area (Å²) in [6, 6.07) is 8.63. The molecule has 0 amide bonds. The number of thioether (sulfide) groups is 1. The number of hydrogen-bond acceptors (Lipinski definition) is 4. The largest absolute Gasteiger partial charge is 0.398 e. The molecule has 1 aliphatic rings. The molecular weight excluding hydrogens is 254 g/mol. The van der Waals surface area contributed by atoms with E-state index in [9.17, 15) is 0 Å². The van der Waals surface area contributed by atoms with Gasteiger partial charge < -0.3 is 11.1 Å². The Balaban J connectivity index is 2.02. The van der Waals surface area contributed by atoms with Gasteiger partial charge in [-0.2, -0.15) is 17.0 Å². The minimum absolute atomic E-state index is 0.374. The Labute approximate surface area is 119 Å². The Morgan fingerprint density at radius 2 is 2.32 bits per heavy atom. The van der Waals surface area contributed by atoms with Gasteiger partial charge >= 0.3 is 0 Å². The zero-order valence-electron chi connectivity index (χ0n) is 11.4. The molecule has 3 N–H and O–H groups in total. The number of nitriles is 1. The van der Waals surface area contributed by atoms with E-state index in [1.165, 1.54) is 25.7 Å². The molecule has 2 rings (SSSR count). The molecule has 1 fully saturated rings. The predicted molar refractivity (Wildman–Crippen MR) is 83.4 cm³/mol. The van der Waals surface area contributed by atoms with E-state index in [4.69, 9.17) is 11.0 Å². The van der Waals surface area contributed by atoms with Crippen molar-refractivity contribution >= 4 is 23.1 Å². The van der Waals surface area contributed by atoms with E-state index in [2.05, 4.69) is 17.6 Å². The number of nitrogens with one attached hydrogen (secondary N) is 1. The number of nitrogen functional groups attached to an aromatic ring is 1. The molecular formula is C15H21N3S. The van der Waals surface area contributed by atoms with Crippen molar-refractivity contribution in [2.45, 2.75) is 43.4 Å². The highest BCUT2D eigenvalue weighted by atomic mass is 32.2.